The summed E-state index contributed by atoms with van der Waals surface area (Å²) in [5.41, 5.74) is 0. The number of epoxide rings is 1. The molecule has 2 fully saturated rings. The Morgan fingerprint density at radius 1 is 1.14 bits per heavy atom. The summed E-state index contributed by atoms with van der Waals surface area (Å²) in [5.74, 6) is -2.74. The van der Waals surface area contributed by atoms with Gasteiger partial charge in [0.25, 0.3) is 0 Å². The number of hydrogen-bond acceptors (Lipinski definition) is 5. The maximum atomic E-state index is 12.4. The van der Waals surface area contributed by atoms with Gasteiger partial charge in [0, 0.05) is 14.2 Å². The van der Waals surface area contributed by atoms with Crippen molar-refractivity contribution < 1.29 is 36.9 Å². The van der Waals surface area contributed by atoms with E-state index >= 15 is 0 Å². The largest absolute Gasteiger partial charge is 0.449 e. The fourth-order valence-electron chi connectivity index (χ4n) is 1.16. The molecule has 14 heavy (non-hydrogen) atoms. The molecule has 0 saturated carbocycles. The predicted octanol–water partition coefficient (Wildman–Crippen LogP) is 0.552. The predicted molar refractivity (Wildman–Crippen MR) is 32.6 cm³/mol. The fourth-order valence-corrected chi connectivity index (χ4v) is 1.16. The molecule has 0 aliphatic carbocycles. The number of fused-ring (bicyclic) bond motifs is 1. The molecule has 0 amide bonds. The van der Waals surface area contributed by atoms with E-state index in [0.29, 0.717) is 0 Å². The SMILES string of the molecule is COC1(OC)OC2OC2(C(F)(F)F)O1. The van der Waals surface area contributed by atoms with Crippen molar-refractivity contribution in [1.82, 2.24) is 0 Å². The minimum atomic E-state index is -4.68. The summed E-state index contributed by atoms with van der Waals surface area (Å²) in [6.07, 6.45) is -8.34. The second kappa shape index (κ2) is 2.58. The van der Waals surface area contributed by atoms with Gasteiger partial charge in [-0.05, 0) is 0 Å². The van der Waals surface area contributed by atoms with Crippen LogP contribution in [0.25, 0.3) is 0 Å². The molecule has 0 bridgehead atoms. The van der Waals surface area contributed by atoms with Crippen molar-refractivity contribution >= 4 is 0 Å². The van der Waals surface area contributed by atoms with E-state index in [1.165, 1.54) is 0 Å². The molecule has 5 nitrogen and oxygen atoms in total. The summed E-state index contributed by atoms with van der Waals surface area (Å²) in [6, 6.07) is 0. The summed E-state index contributed by atoms with van der Waals surface area (Å²) in [4.78, 5) is 0. The van der Waals surface area contributed by atoms with Crippen molar-refractivity contribution in [3.05, 3.63) is 0 Å². The molecule has 2 rings (SSSR count). The van der Waals surface area contributed by atoms with Gasteiger partial charge in [-0.3, -0.25) is 9.47 Å². The molecule has 2 unspecified atom stereocenters. The summed E-state index contributed by atoms with van der Waals surface area (Å²) in [7, 11) is 2.19. The molecule has 0 aromatic rings. The zero-order valence-corrected chi connectivity index (χ0v) is 7.25. The van der Waals surface area contributed by atoms with Gasteiger partial charge >= 0.3 is 18.1 Å². The summed E-state index contributed by atoms with van der Waals surface area (Å²) in [5, 5.41) is 0. The highest BCUT2D eigenvalue weighted by molar-refractivity contribution is 5.00. The molecule has 0 radical (unpaired) electrons. The second-order valence-electron chi connectivity index (χ2n) is 2.74. The minimum Gasteiger partial charge on any atom is -0.306 e. The molecule has 0 N–H and O–H groups in total. The topological polar surface area (TPSA) is 49.5 Å². The molecular weight excluding hydrogens is 209 g/mol. The lowest BCUT2D eigenvalue weighted by molar-refractivity contribution is -0.504. The van der Waals surface area contributed by atoms with E-state index < -0.39 is 24.4 Å². The van der Waals surface area contributed by atoms with E-state index in [-0.39, 0.29) is 0 Å². The Labute approximate surface area is 76.6 Å². The third kappa shape index (κ3) is 1.09. The molecule has 2 heterocycles. The van der Waals surface area contributed by atoms with Gasteiger partial charge in [0.15, 0.2) is 0 Å². The first-order chi connectivity index (χ1) is 6.39. The van der Waals surface area contributed by atoms with Crippen LogP contribution in [0.1, 0.15) is 0 Å². The molecular formula is C6H7F3O5. The number of halogens is 3. The highest BCUT2D eigenvalue weighted by atomic mass is 19.4. The third-order valence-electron chi connectivity index (χ3n) is 1.96. The van der Waals surface area contributed by atoms with Crippen molar-refractivity contribution in [1.29, 1.82) is 0 Å². The average Bonchev–Trinajstić information content (AvgIpc) is 2.70. The van der Waals surface area contributed by atoms with Gasteiger partial charge in [-0.1, -0.05) is 0 Å². The van der Waals surface area contributed by atoms with Crippen molar-refractivity contribution in [2.24, 2.45) is 0 Å². The van der Waals surface area contributed by atoms with Crippen LogP contribution in [0.2, 0.25) is 0 Å². The van der Waals surface area contributed by atoms with Crippen LogP contribution in [-0.4, -0.2) is 38.6 Å². The lowest BCUT2D eigenvalue weighted by Gasteiger charge is -2.25. The molecule has 82 valence electrons. The fraction of sp³-hybridized carbons (Fsp3) is 1.00. The van der Waals surface area contributed by atoms with E-state index in [0.717, 1.165) is 14.2 Å². The number of ether oxygens (including phenoxy) is 5. The van der Waals surface area contributed by atoms with Crippen LogP contribution in [0.4, 0.5) is 13.2 Å². The first-order valence-electron chi connectivity index (χ1n) is 3.62. The quantitative estimate of drug-likeness (QED) is 0.498. The van der Waals surface area contributed by atoms with Gasteiger partial charge < -0.3 is 14.2 Å². The Bertz CT molecular complexity index is 250. The van der Waals surface area contributed by atoms with Crippen molar-refractivity contribution in [2.75, 3.05) is 14.2 Å². The molecule has 2 atom stereocenters. The second-order valence-corrected chi connectivity index (χ2v) is 2.74. The van der Waals surface area contributed by atoms with Crippen LogP contribution in [0.3, 0.4) is 0 Å². The Balaban J connectivity index is 2.17. The van der Waals surface area contributed by atoms with E-state index in [9.17, 15) is 13.2 Å². The number of rotatable bonds is 2. The Morgan fingerprint density at radius 3 is 2.00 bits per heavy atom. The lowest BCUT2D eigenvalue weighted by Crippen LogP contribution is -2.43. The molecule has 2 aliphatic rings. The van der Waals surface area contributed by atoms with Gasteiger partial charge in [0.05, 0.1) is 0 Å². The van der Waals surface area contributed by atoms with E-state index in [2.05, 4.69) is 23.7 Å². The smallest absolute Gasteiger partial charge is 0.306 e. The minimum absolute atomic E-state index is 1.10. The number of hydrogen-bond donors (Lipinski definition) is 0. The van der Waals surface area contributed by atoms with Crippen LogP contribution < -0.4 is 0 Å². The van der Waals surface area contributed by atoms with Crippen molar-refractivity contribution in [3.63, 3.8) is 0 Å². The Kier molecular flexibility index (Phi) is 1.87. The summed E-state index contributed by atoms with van der Waals surface area (Å²) >= 11 is 0. The maximum Gasteiger partial charge on any atom is 0.449 e. The molecule has 8 heteroatoms. The van der Waals surface area contributed by atoms with Crippen LogP contribution in [0.5, 0.6) is 0 Å². The van der Waals surface area contributed by atoms with Crippen molar-refractivity contribution in [3.8, 4) is 0 Å². The standard InChI is InChI=1S/C6H7F3O5/c1-10-6(11-2)13-3-4(12-3,14-6)5(7,8)9/h3H,1-2H3. The number of methoxy groups -OCH3 is 2. The van der Waals surface area contributed by atoms with Gasteiger partial charge in [-0.2, -0.15) is 13.2 Å². The van der Waals surface area contributed by atoms with Gasteiger partial charge in [-0.25, -0.2) is 0 Å². The monoisotopic (exact) mass is 216 g/mol. The van der Waals surface area contributed by atoms with Crippen LogP contribution >= 0.6 is 0 Å². The molecule has 0 aromatic heterocycles. The van der Waals surface area contributed by atoms with Gasteiger partial charge in [0.2, 0.25) is 6.29 Å². The average molecular weight is 216 g/mol. The van der Waals surface area contributed by atoms with Crippen LogP contribution in [0, 0.1) is 0 Å². The van der Waals surface area contributed by atoms with E-state index in [1.807, 2.05) is 0 Å². The zero-order chi connectivity index (χ0) is 10.6. The van der Waals surface area contributed by atoms with Gasteiger partial charge in [0.1, 0.15) is 0 Å². The molecule has 2 aliphatic heterocycles. The molecule has 0 aromatic carbocycles. The number of alkyl halides is 3. The maximum absolute atomic E-state index is 12.4. The van der Waals surface area contributed by atoms with Crippen molar-refractivity contribution in [2.45, 2.75) is 24.4 Å². The highest BCUT2D eigenvalue weighted by Crippen LogP contribution is 2.58. The third-order valence-corrected chi connectivity index (χ3v) is 1.96. The first-order valence-corrected chi connectivity index (χ1v) is 3.62. The lowest BCUT2D eigenvalue weighted by atomic mass is 10.4. The zero-order valence-electron chi connectivity index (χ0n) is 7.25. The van der Waals surface area contributed by atoms with E-state index in [4.69, 9.17) is 0 Å². The molecule has 2 saturated heterocycles. The summed E-state index contributed by atoms with van der Waals surface area (Å²) in [6.45, 7) is 0. The Hall–Kier alpha value is -0.410. The Morgan fingerprint density at radius 2 is 1.71 bits per heavy atom. The molecule has 0 spiro atoms. The first kappa shape index (κ1) is 10.1. The van der Waals surface area contributed by atoms with E-state index in [1.54, 1.807) is 0 Å². The van der Waals surface area contributed by atoms with Crippen LogP contribution in [-0.2, 0) is 23.7 Å². The highest BCUT2D eigenvalue weighted by Gasteiger charge is 2.85. The summed E-state index contributed by atoms with van der Waals surface area (Å²) < 4.78 is 59.5. The van der Waals surface area contributed by atoms with Gasteiger partial charge in [-0.15, -0.1) is 0 Å². The normalized spacial score (nSPS) is 39.6. The van der Waals surface area contributed by atoms with Crippen LogP contribution in [0.15, 0.2) is 0 Å².